The number of alkyl carbamates (subject to hydrolysis) is 1. The zero-order chi connectivity index (χ0) is 25.9. The van der Waals surface area contributed by atoms with Crippen LogP contribution in [-0.4, -0.2) is 54.6 Å². The van der Waals surface area contributed by atoms with Crippen molar-refractivity contribution in [2.45, 2.75) is 50.4 Å². The van der Waals surface area contributed by atoms with E-state index in [4.69, 9.17) is 9.47 Å². The fourth-order valence-corrected chi connectivity index (χ4v) is 5.42. The molecule has 0 saturated carbocycles. The van der Waals surface area contributed by atoms with Gasteiger partial charge >= 0.3 is 6.09 Å². The first-order valence-corrected chi connectivity index (χ1v) is 12.5. The van der Waals surface area contributed by atoms with Crippen molar-refractivity contribution >= 4 is 22.1 Å². The van der Waals surface area contributed by atoms with Crippen LogP contribution in [0.5, 0.6) is 0 Å². The number of rotatable bonds is 6. The second-order valence-corrected chi connectivity index (χ2v) is 11.1. The molecule has 11 heteroatoms. The molecule has 2 N–H and O–H groups in total. The highest BCUT2D eigenvalue weighted by molar-refractivity contribution is 7.90. The minimum absolute atomic E-state index is 0.0905. The minimum Gasteiger partial charge on any atom is -0.444 e. The van der Waals surface area contributed by atoms with E-state index >= 15 is 4.39 Å². The van der Waals surface area contributed by atoms with Gasteiger partial charge in [-0.15, -0.1) is 0 Å². The Hall–Kier alpha value is -3.02. The van der Waals surface area contributed by atoms with Crippen molar-refractivity contribution in [3.05, 3.63) is 71.5 Å². The van der Waals surface area contributed by atoms with Gasteiger partial charge in [0.1, 0.15) is 17.0 Å². The number of aliphatic hydroxyl groups excluding tert-OH is 1. The van der Waals surface area contributed by atoms with E-state index in [1.54, 1.807) is 45.0 Å². The minimum atomic E-state index is -4.37. The monoisotopic (exact) mass is 507 g/mol. The number of hydrogen-bond donors (Lipinski definition) is 2. The predicted octanol–water partition coefficient (Wildman–Crippen LogP) is 3.10. The first-order chi connectivity index (χ1) is 16.4. The van der Waals surface area contributed by atoms with Gasteiger partial charge in [-0.05, 0) is 32.4 Å². The summed E-state index contributed by atoms with van der Waals surface area (Å²) in [6.07, 6.45) is -1.23. The topological polar surface area (TPSA) is 118 Å². The molecule has 190 valence electrons. The molecule has 0 bridgehead atoms. The van der Waals surface area contributed by atoms with Crippen molar-refractivity contribution in [1.82, 2.24) is 9.62 Å². The van der Waals surface area contributed by atoms with Gasteiger partial charge in [0.15, 0.2) is 0 Å². The molecule has 9 nitrogen and oxygen atoms in total. The van der Waals surface area contributed by atoms with Gasteiger partial charge in [-0.3, -0.25) is 5.32 Å². The Labute approximate surface area is 204 Å². The number of hydrogen-bond acceptors (Lipinski definition) is 7. The number of aliphatic hydroxyl groups is 1. The third-order valence-electron chi connectivity index (χ3n) is 5.34. The highest BCUT2D eigenvalue weighted by Gasteiger charge is 2.55. The van der Waals surface area contributed by atoms with Gasteiger partial charge in [0.25, 0.3) is 10.0 Å². The quantitative estimate of drug-likeness (QED) is 0.621. The molecule has 1 heterocycles. The van der Waals surface area contributed by atoms with Crippen LogP contribution >= 0.6 is 0 Å². The Morgan fingerprint density at radius 1 is 1.17 bits per heavy atom. The average Bonchev–Trinajstić information content (AvgIpc) is 2.77. The number of nitrogens with one attached hydrogen (secondary N) is 1. The van der Waals surface area contributed by atoms with Gasteiger partial charge in [0.2, 0.25) is 11.4 Å². The number of ether oxygens (including phenoxy) is 2. The summed E-state index contributed by atoms with van der Waals surface area (Å²) in [6.45, 7) is 4.32. The standard InChI is InChI=1S/C24H30FN3O6S/c1-23(2,3)34-22(30)26-21-27-24(14-15-29,18-12-8-9-13-19(18)25)20(35(31,32)28(21)4)33-16-17-10-6-5-7-11-17/h5-13,20,29H,14-16H2,1-4H3,(H,26,27,30)/t20?,24-/m1/s1. The number of halogens is 1. The lowest BCUT2D eigenvalue weighted by Crippen LogP contribution is -2.60. The van der Waals surface area contributed by atoms with Crippen LogP contribution in [0.1, 0.15) is 38.3 Å². The van der Waals surface area contributed by atoms with E-state index in [1.165, 1.54) is 31.3 Å². The van der Waals surface area contributed by atoms with E-state index in [0.717, 1.165) is 4.31 Å². The van der Waals surface area contributed by atoms with Gasteiger partial charge in [-0.1, -0.05) is 48.5 Å². The van der Waals surface area contributed by atoms with Gasteiger partial charge < -0.3 is 14.6 Å². The summed E-state index contributed by atoms with van der Waals surface area (Å²) in [5.74, 6) is -1.11. The lowest BCUT2D eigenvalue weighted by molar-refractivity contribution is 0.0225. The summed E-state index contributed by atoms with van der Waals surface area (Å²) in [4.78, 5) is 17.0. The fraction of sp³-hybridized carbons (Fsp3) is 0.417. The molecule has 1 aliphatic rings. The summed E-state index contributed by atoms with van der Waals surface area (Å²) >= 11 is 0. The molecular weight excluding hydrogens is 477 g/mol. The van der Waals surface area contributed by atoms with E-state index < -0.39 is 45.1 Å². The smallest absolute Gasteiger partial charge is 0.414 e. The average molecular weight is 508 g/mol. The summed E-state index contributed by atoms with van der Waals surface area (Å²) in [5, 5.41) is 12.3. The van der Waals surface area contributed by atoms with Crippen molar-refractivity contribution in [3.8, 4) is 0 Å². The molecule has 2 aromatic carbocycles. The molecule has 2 atom stereocenters. The molecule has 0 saturated heterocycles. The van der Waals surface area contributed by atoms with Crippen LogP contribution < -0.4 is 5.32 Å². The van der Waals surface area contributed by atoms with Crippen LogP contribution in [0.3, 0.4) is 0 Å². The Balaban J connectivity index is 2.16. The third kappa shape index (κ3) is 5.80. The van der Waals surface area contributed by atoms with E-state index in [0.29, 0.717) is 5.56 Å². The second-order valence-electron chi connectivity index (χ2n) is 9.08. The second kappa shape index (κ2) is 10.3. The molecule has 35 heavy (non-hydrogen) atoms. The number of nitrogens with zero attached hydrogens (tertiary/aromatic N) is 2. The molecule has 0 aromatic heterocycles. The lowest BCUT2D eigenvalue weighted by atomic mass is 9.87. The number of sulfonamides is 1. The van der Waals surface area contributed by atoms with Crippen LogP contribution in [0.4, 0.5) is 9.18 Å². The van der Waals surface area contributed by atoms with Crippen LogP contribution in [-0.2, 0) is 31.6 Å². The summed E-state index contributed by atoms with van der Waals surface area (Å²) in [7, 11) is -3.17. The molecule has 0 fully saturated rings. The number of carbonyl (C=O) groups is 1. The molecule has 0 aliphatic carbocycles. The first kappa shape index (κ1) is 26.6. The van der Waals surface area contributed by atoms with Crippen molar-refractivity contribution < 1.29 is 32.2 Å². The SMILES string of the molecule is CN1C(NC(=O)OC(C)(C)C)=N[C@](CCO)(c2ccccc2F)C(OCc2ccccc2)S1(=O)=O. The highest BCUT2D eigenvalue weighted by Crippen LogP contribution is 2.43. The van der Waals surface area contributed by atoms with E-state index in [1.807, 2.05) is 6.07 Å². The van der Waals surface area contributed by atoms with Crippen LogP contribution in [0.25, 0.3) is 0 Å². The van der Waals surface area contributed by atoms with Crippen molar-refractivity contribution in [1.29, 1.82) is 0 Å². The Morgan fingerprint density at radius 2 is 1.80 bits per heavy atom. The van der Waals surface area contributed by atoms with E-state index in [2.05, 4.69) is 10.3 Å². The molecule has 1 amide bonds. The maximum Gasteiger partial charge on any atom is 0.414 e. The zero-order valence-electron chi connectivity index (χ0n) is 20.1. The van der Waals surface area contributed by atoms with Crippen molar-refractivity contribution in [2.24, 2.45) is 4.99 Å². The van der Waals surface area contributed by atoms with Gasteiger partial charge in [0.05, 0.1) is 6.61 Å². The molecular formula is C24H30FN3O6S. The Bertz CT molecular complexity index is 1180. The van der Waals surface area contributed by atoms with Crippen LogP contribution in [0.2, 0.25) is 0 Å². The van der Waals surface area contributed by atoms with Crippen LogP contribution in [0, 0.1) is 5.82 Å². The van der Waals surface area contributed by atoms with E-state index in [-0.39, 0.29) is 24.6 Å². The first-order valence-electron chi connectivity index (χ1n) is 11.0. The number of amides is 1. The van der Waals surface area contributed by atoms with E-state index in [9.17, 15) is 18.3 Å². The fourth-order valence-electron chi connectivity index (χ4n) is 3.77. The largest absolute Gasteiger partial charge is 0.444 e. The number of guanidine groups is 1. The molecule has 0 spiro atoms. The maximum atomic E-state index is 15.1. The summed E-state index contributed by atoms with van der Waals surface area (Å²) < 4.78 is 54.4. The van der Waals surface area contributed by atoms with Crippen molar-refractivity contribution in [2.75, 3.05) is 13.7 Å². The Morgan fingerprint density at radius 3 is 2.40 bits per heavy atom. The molecule has 3 rings (SSSR count). The maximum absolute atomic E-state index is 15.1. The predicted molar refractivity (Wildman–Crippen MR) is 128 cm³/mol. The van der Waals surface area contributed by atoms with Gasteiger partial charge in [0, 0.05) is 25.6 Å². The normalized spacial score (nSPS) is 21.8. The van der Waals surface area contributed by atoms with Gasteiger partial charge in [-0.2, -0.15) is 0 Å². The third-order valence-corrected chi connectivity index (χ3v) is 7.34. The van der Waals surface area contributed by atoms with Gasteiger partial charge in [-0.25, -0.2) is 26.9 Å². The zero-order valence-corrected chi connectivity index (χ0v) is 20.9. The molecule has 0 radical (unpaired) electrons. The summed E-state index contributed by atoms with van der Waals surface area (Å²) in [6, 6.07) is 14.4. The highest BCUT2D eigenvalue weighted by atomic mass is 32.2. The Kier molecular flexibility index (Phi) is 7.83. The van der Waals surface area contributed by atoms with Crippen molar-refractivity contribution in [3.63, 3.8) is 0 Å². The molecule has 1 unspecified atom stereocenters. The molecule has 1 aliphatic heterocycles. The van der Waals surface area contributed by atoms with Crippen LogP contribution in [0.15, 0.2) is 59.6 Å². The number of benzene rings is 2. The lowest BCUT2D eigenvalue weighted by Gasteiger charge is -2.43. The number of carbonyl (C=O) groups excluding carboxylic acids is 1. The number of aliphatic imine (C=N–C) groups is 1. The summed E-state index contributed by atoms with van der Waals surface area (Å²) in [5.41, 5.74) is -3.85. The molecule has 2 aromatic rings.